The smallest absolute Gasteiger partial charge is 0.263 e. The average molecular weight is 395 g/mol. The molecule has 28 heavy (non-hydrogen) atoms. The molecule has 4 rings (SSSR count). The molecule has 2 N–H and O–H groups in total. The molecule has 0 aliphatic heterocycles. The van der Waals surface area contributed by atoms with Crippen molar-refractivity contribution in [1.29, 1.82) is 0 Å². The predicted octanol–water partition coefficient (Wildman–Crippen LogP) is 3.16. The second kappa shape index (κ2) is 7.93. The van der Waals surface area contributed by atoms with Crippen molar-refractivity contribution >= 4 is 21.7 Å². The first-order valence-corrected chi connectivity index (χ1v) is 10.7. The second-order valence-electron chi connectivity index (χ2n) is 6.76. The van der Waals surface area contributed by atoms with E-state index in [1.165, 1.54) is 5.56 Å². The number of aromatic nitrogens is 3. The first-order valence-electron chi connectivity index (χ1n) is 9.21. The highest BCUT2D eigenvalue weighted by atomic mass is 32.2. The molecule has 0 unspecified atom stereocenters. The zero-order chi connectivity index (χ0) is 19.4. The van der Waals surface area contributed by atoms with Gasteiger partial charge < -0.3 is 5.32 Å². The molecule has 0 fully saturated rings. The molecule has 3 aromatic rings. The van der Waals surface area contributed by atoms with Crippen molar-refractivity contribution in [3.8, 4) is 0 Å². The third-order valence-electron chi connectivity index (χ3n) is 4.76. The predicted molar refractivity (Wildman–Crippen MR) is 107 cm³/mol. The van der Waals surface area contributed by atoms with Crippen LogP contribution in [-0.4, -0.2) is 23.6 Å². The van der Waals surface area contributed by atoms with Gasteiger partial charge in [0.2, 0.25) is 0 Å². The molecule has 0 saturated heterocycles. The molecular formula is C20H21N5O2S. The van der Waals surface area contributed by atoms with Crippen LogP contribution in [0.2, 0.25) is 0 Å². The van der Waals surface area contributed by atoms with Crippen LogP contribution in [0.1, 0.15) is 29.5 Å². The molecule has 0 spiro atoms. The molecule has 1 aliphatic rings. The molecule has 1 aliphatic carbocycles. The molecule has 144 valence electrons. The van der Waals surface area contributed by atoms with E-state index in [1.807, 2.05) is 18.2 Å². The molecule has 7 nitrogen and oxygen atoms in total. The van der Waals surface area contributed by atoms with Gasteiger partial charge in [-0.25, -0.2) is 8.42 Å². The van der Waals surface area contributed by atoms with E-state index in [0.29, 0.717) is 12.4 Å². The summed E-state index contributed by atoms with van der Waals surface area (Å²) in [6.07, 6.45) is 7.65. The lowest BCUT2D eigenvalue weighted by Gasteiger charge is -2.16. The van der Waals surface area contributed by atoms with Gasteiger partial charge in [-0.2, -0.15) is 0 Å². The number of benzene rings is 1. The third-order valence-corrected chi connectivity index (χ3v) is 6.11. The number of nitrogens with one attached hydrogen (secondary N) is 2. The van der Waals surface area contributed by atoms with Crippen LogP contribution in [0.15, 0.2) is 59.8 Å². The number of hydrogen-bond donors (Lipinski definition) is 2. The van der Waals surface area contributed by atoms with Crippen molar-refractivity contribution in [3.63, 3.8) is 0 Å². The van der Waals surface area contributed by atoms with Crippen LogP contribution < -0.4 is 10.0 Å². The van der Waals surface area contributed by atoms with E-state index in [1.54, 1.807) is 36.7 Å². The maximum absolute atomic E-state index is 12.7. The van der Waals surface area contributed by atoms with Crippen molar-refractivity contribution in [1.82, 2.24) is 15.2 Å². The fourth-order valence-corrected chi connectivity index (χ4v) is 4.29. The Morgan fingerprint density at radius 2 is 1.57 bits per heavy atom. The highest BCUT2D eigenvalue weighted by Crippen LogP contribution is 2.25. The van der Waals surface area contributed by atoms with Crippen molar-refractivity contribution in [2.75, 3.05) is 10.0 Å². The summed E-state index contributed by atoms with van der Waals surface area (Å²) >= 11 is 0. The SMILES string of the molecule is O=S(=O)(Nc1ccc(NCc2ccncc2)nn1)c1ccc2c(c1)CCCC2. The maximum Gasteiger partial charge on any atom is 0.263 e. The van der Waals surface area contributed by atoms with Crippen LogP contribution in [0.3, 0.4) is 0 Å². The fourth-order valence-electron chi connectivity index (χ4n) is 3.25. The van der Waals surface area contributed by atoms with Crippen LogP contribution in [0.25, 0.3) is 0 Å². The largest absolute Gasteiger partial charge is 0.365 e. The Kier molecular flexibility index (Phi) is 5.21. The zero-order valence-electron chi connectivity index (χ0n) is 15.3. The highest BCUT2D eigenvalue weighted by molar-refractivity contribution is 7.92. The van der Waals surface area contributed by atoms with Gasteiger partial charge in [0.15, 0.2) is 5.82 Å². The van der Waals surface area contributed by atoms with Gasteiger partial charge in [0.05, 0.1) is 4.90 Å². The van der Waals surface area contributed by atoms with Gasteiger partial charge in [0.1, 0.15) is 5.82 Å². The Morgan fingerprint density at radius 1 is 0.857 bits per heavy atom. The lowest BCUT2D eigenvalue weighted by Crippen LogP contribution is -2.15. The number of rotatable bonds is 6. The Hall–Kier alpha value is -3.00. The van der Waals surface area contributed by atoms with E-state index < -0.39 is 10.0 Å². The minimum atomic E-state index is -3.69. The zero-order valence-corrected chi connectivity index (χ0v) is 16.1. The summed E-state index contributed by atoms with van der Waals surface area (Å²) in [5.74, 6) is 0.751. The van der Waals surface area contributed by atoms with E-state index in [0.717, 1.165) is 36.8 Å². The van der Waals surface area contributed by atoms with Crippen LogP contribution in [-0.2, 0) is 29.4 Å². The standard InChI is InChI=1S/C20H21N5O2S/c26-28(27,18-6-5-16-3-1-2-4-17(16)13-18)25-20-8-7-19(23-24-20)22-14-15-9-11-21-12-10-15/h5-13H,1-4,14H2,(H,22,23)(H,24,25). The van der Waals surface area contributed by atoms with Gasteiger partial charge in [-0.3, -0.25) is 9.71 Å². The van der Waals surface area contributed by atoms with Crippen LogP contribution >= 0.6 is 0 Å². The quantitative estimate of drug-likeness (QED) is 0.665. The van der Waals surface area contributed by atoms with Crippen molar-refractivity contribution in [2.24, 2.45) is 0 Å². The number of nitrogens with zero attached hydrogens (tertiary/aromatic N) is 3. The average Bonchev–Trinajstić information content (AvgIpc) is 2.73. The Labute approximate surface area is 164 Å². The van der Waals surface area contributed by atoms with E-state index in [4.69, 9.17) is 0 Å². The molecule has 2 heterocycles. The van der Waals surface area contributed by atoms with Gasteiger partial charge >= 0.3 is 0 Å². The van der Waals surface area contributed by atoms with Crippen LogP contribution in [0, 0.1) is 0 Å². The summed E-state index contributed by atoms with van der Waals surface area (Å²) in [6, 6.07) is 12.4. The number of pyridine rings is 1. The third kappa shape index (κ3) is 4.28. The number of aryl methyl sites for hydroxylation is 2. The first kappa shape index (κ1) is 18.4. The summed E-state index contributed by atoms with van der Waals surface area (Å²) in [7, 11) is -3.69. The first-order chi connectivity index (χ1) is 13.6. The Bertz CT molecular complexity index is 1050. The van der Waals surface area contributed by atoms with Crippen LogP contribution in [0.5, 0.6) is 0 Å². The molecule has 0 radical (unpaired) electrons. The van der Waals surface area contributed by atoms with Gasteiger partial charge in [0, 0.05) is 18.9 Å². The van der Waals surface area contributed by atoms with E-state index in [9.17, 15) is 8.42 Å². The molecular weight excluding hydrogens is 374 g/mol. The fraction of sp³-hybridized carbons (Fsp3) is 0.250. The van der Waals surface area contributed by atoms with Crippen molar-refractivity contribution in [3.05, 3.63) is 71.5 Å². The number of hydrogen-bond acceptors (Lipinski definition) is 6. The van der Waals surface area contributed by atoms with Crippen molar-refractivity contribution < 1.29 is 8.42 Å². The monoisotopic (exact) mass is 395 g/mol. The summed E-state index contributed by atoms with van der Waals surface area (Å²) in [5.41, 5.74) is 3.43. The molecule has 0 amide bonds. The topological polar surface area (TPSA) is 96.9 Å². The number of fused-ring (bicyclic) bond motifs is 1. The highest BCUT2D eigenvalue weighted by Gasteiger charge is 2.18. The summed E-state index contributed by atoms with van der Waals surface area (Å²) < 4.78 is 27.9. The van der Waals surface area contributed by atoms with Gasteiger partial charge in [0.25, 0.3) is 10.0 Å². The number of anilines is 2. The van der Waals surface area contributed by atoms with Crippen molar-refractivity contribution in [2.45, 2.75) is 37.1 Å². The number of sulfonamides is 1. The second-order valence-corrected chi connectivity index (χ2v) is 8.44. The van der Waals surface area contributed by atoms with Gasteiger partial charge in [-0.15, -0.1) is 10.2 Å². The van der Waals surface area contributed by atoms with E-state index >= 15 is 0 Å². The molecule has 0 bridgehead atoms. The van der Waals surface area contributed by atoms with Crippen LogP contribution in [0.4, 0.5) is 11.6 Å². The van der Waals surface area contributed by atoms with Gasteiger partial charge in [-0.1, -0.05) is 6.07 Å². The molecule has 8 heteroatoms. The molecule has 2 aromatic heterocycles. The summed E-state index contributed by atoms with van der Waals surface area (Å²) in [6.45, 7) is 0.581. The summed E-state index contributed by atoms with van der Waals surface area (Å²) in [4.78, 5) is 4.23. The van der Waals surface area contributed by atoms with E-state index in [-0.39, 0.29) is 10.7 Å². The molecule has 1 aromatic carbocycles. The Morgan fingerprint density at radius 3 is 2.32 bits per heavy atom. The minimum Gasteiger partial charge on any atom is -0.365 e. The minimum absolute atomic E-state index is 0.187. The van der Waals surface area contributed by atoms with Gasteiger partial charge in [-0.05, 0) is 78.8 Å². The normalized spacial score (nSPS) is 13.6. The summed E-state index contributed by atoms with van der Waals surface area (Å²) in [5, 5.41) is 11.2. The lowest BCUT2D eigenvalue weighted by atomic mass is 9.92. The molecule has 0 saturated carbocycles. The lowest BCUT2D eigenvalue weighted by molar-refractivity contribution is 0.600. The molecule has 0 atom stereocenters. The Balaban J connectivity index is 1.43. The maximum atomic E-state index is 12.7. The van der Waals surface area contributed by atoms with E-state index in [2.05, 4.69) is 25.2 Å².